The van der Waals surface area contributed by atoms with Gasteiger partial charge >= 0.3 is 11.9 Å². The number of carbonyl (C=O) groups excluding carboxylic acids is 2. The molecule has 0 saturated heterocycles. The van der Waals surface area contributed by atoms with Crippen LogP contribution in [0.4, 0.5) is 0 Å². The summed E-state index contributed by atoms with van der Waals surface area (Å²) in [6.07, 6.45) is 2.16. The molecule has 0 amide bonds. The molecule has 1 aromatic rings. The second-order valence-corrected chi connectivity index (χ2v) is 6.97. The lowest BCUT2D eigenvalue weighted by atomic mass is 10.2. The number of ether oxygens (including phenoxy) is 2. The third-order valence-electron chi connectivity index (χ3n) is 2.56. The summed E-state index contributed by atoms with van der Waals surface area (Å²) in [4.78, 5) is 23.3. The number of carbonyl (C=O) groups is 2. The van der Waals surface area contributed by atoms with Crippen LogP contribution in [0.15, 0.2) is 42.0 Å². The first kappa shape index (κ1) is 17.4. The third-order valence-corrected chi connectivity index (χ3v) is 2.89. The van der Waals surface area contributed by atoms with Gasteiger partial charge in [0, 0.05) is 12.0 Å². The smallest absolute Gasteiger partial charge is 0.338 e. The maximum absolute atomic E-state index is 11.8. The summed E-state index contributed by atoms with van der Waals surface area (Å²) in [6.45, 7) is 5.33. The Morgan fingerprint density at radius 1 is 1.24 bits per heavy atom. The molecule has 0 saturated carbocycles. The monoisotopic (exact) mass is 354 g/mol. The molecule has 0 radical (unpaired) electrons. The van der Waals surface area contributed by atoms with Crippen LogP contribution in [0.25, 0.3) is 0 Å². The van der Waals surface area contributed by atoms with Crippen molar-refractivity contribution in [2.24, 2.45) is 0 Å². The van der Waals surface area contributed by atoms with Crippen molar-refractivity contribution in [2.75, 3.05) is 6.61 Å². The zero-order valence-electron chi connectivity index (χ0n) is 12.4. The molecule has 1 aromatic carbocycles. The van der Waals surface area contributed by atoms with Gasteiger partial charge in [-0.1, -0.05) is 40.2 Å². The Hall–Kier alpha value is -1.62. The first-order chi connectivity index (χ1) is 9.80. The van der Waals surface area contributed by atoms with Crippen LogP contribution in [0.3, 0.4) is 0 Å². The van der Waals surface area contributed by atoms with E-state index in [2.05, 4.69) is 15.9 Å². The van der Waals surface area contributed by atoms with Crippen molar-refractivity contribution in [3.63, 3.8) is 0 Å². The van der Waals surface area contributed by atoms with E-state index >= 15 is 0 Å². The number of alkyl halides is 1. The van der Waals surface area contributed by atoms with Gasteiger partial charge in [0.05, 0.1) is 6.61 Å². The Kier molecular flexibility index (Phi) is 6.62. The van der Waals surface area contributed by atoms with Crippen LogP contribution in [-0.4, -0.2) is 22.9 Å². The summed E-state index contributed by atoms with van der Waals surface area (Å²) < 4.78 is 9.56. The Labute approximate surface area is 133 Å². The zero-order chi connectivity index (χ0) is 15.9. The molecular weight excluding hydrogens is 336 g/mol. The van der Waals surface area contributed by atoms with Crippen LogP contribution in [-0.2, 0) is 14.3 Å². The first-order valence-electron chi connectivity index (χ1n) is 6.61. The molecule has 4 nitrogen and oxygen atoms in total. The van der Waals surface area contributed by atoms with Crippen molar-refractivity contribution >= 4 is 27.9 Å². The van der Waals surface area contributed by atoms with Crippen molar-refractivity contribution in [3.05, 3.63) is 42.0 Å². The van der Waals surface area contributed by atoms with Gasteiger partial charge in [0.1, 0.15) is 10.1 Å². The third kappa shape index (κ3) is 6.58. The highest BCUT2D eigenvalue weighted by atomic mass is 79.9. The van der Waals surface area contributed by atoms with E-state index in [1.807, 2.05) is 6.07 Å². The normalized spacial score (nSPS) is 11.9. The Morgan fingerprint density at radius 3 is 2.43 bits per heavy atom. The molecule has 0 aliphatic carbocycles. The number of hydrogen-bond donors (Lipinski definition) is 0. The molecule has 0 aliphatic rings. The van der Waals surface area contributed by atoms with Gasteiger partial charge in [-0.3, -0.25) is 4.79 Å². The van der Waals surface area contributed by atoms with Crippen molar-refractivity contribution in [2.45, 2.75) is 31.5 Å². The van der Waals surface area contributed by atoms with Crippen molar-refractivity contribution < 1.29 is 19.1 Å². The highest BCUT2D eigenvalue weighted by molar-refractivity contribution is 9.10. The summed E-state index contributed by atoms with van der Waals surface area (Å²) in [7, 11) is 0. The minimum absolute atomic E-state index is 0.226. The lowest BCUT2D eigenvalue weighted by molar-refractivity contribution is -0.145. The minimum atomic E-state index is -0.696. The fourth-order valence-corrected chi connectivity index (χ4v) is 1.47. The van der Waals surface area contributed by atoms with Crippen LogP contribution in [0, 0.1) is 0 Å². The predicted octanol–water partition coefficient (Wildman–Crippen LogP) is 3.65. The van der Waals surface area contributed by atoms with E-state index in [1.54, 1.807) is 51.1 Å². The zero-order valence-corrected chi connectivity index (χ0v) is 14.0. The topological polar surface area (TPSA) is 52.6 Å². The summed E-state index contributed by atoms with van der Waals surface area (Å²) in [5.74, 6) is -0.239. The molecule has 1 rings (SSSR count). The molecule has 0 atom stereocenters. The predicted molar refractivity (Wildman–Crippen MR) is 84.4 cm³/mol. The lowest BCUT2D eigenvalue weighted by Crippen LogP contribution is -2.26. The van der Waals surface area contributed by atoms with Gasteiger partial charge in [0.15, 0.2) is 0 Å². The van der Waals surface area contributed by atoms with E-state index in [4.69, 9.17) is 9.47 Å². The molecule has 0 N–H and O–H groups in total. The molecule has 0 unspecified atom stereocenters. The fraction of sp³-hybridized carbons (Fsp3) is 0.375. The lowest BCUT2D eigenvalue weighted by Gasteiger charge is -2.14. The maximum atomic E-state index is 11.8. The average Bonchev–Trinajstić information content (AvgIpc) is 2.43. The van der Waals surface area contributed by atoms with Gasteiger partial charge in [-0.2, -0.15) is 0 Å². The standard InChI is InChI=1S/C16H19BrO4/c1-12(8-7-11-20-15(19)16(2,3)17)14(18)21-13-9-5-4-6-10-13/h4-6,8-10H,7,11H2,1-3H3. The van der Waals surface area contributed by atoms with Crippen LogP contribution < -0.4 is 4.74 Å². The number of rotatable bonds is 6. The molecule has 0 aliphatic heterocycles. The largest absolute Gasteiger partial charge is 0.464 e. The highest BCUT2D eigenvalue weighted by Crippen LogP contribution is 2.17. The Balaban J connectivity index is 2.39. The van der Waals surface area contributed by atoms with Gasteiger partial charge in [-0.05, 0) is 32.9 Å². The SMILES string of the molecule is CC(=CCCOC(=O)C(C)(C)Br)C(=O)Oc1ccccc1. The molecule has 0 heterocycles. The van der Waals surface area contributed by atoms with Crippen LogP contribution in [0.1, 0.15) is 27.2 Å². The van der Waals surface area contributed by atoms with Gasteiger partial charge in [0.2, 0.25) is 0 Å². The van der Waals surface area contributed by atoms with Crippen LogP contribution >= 0.6 is 15.9 Å². The molecule has 21 heavy (non-hydrogen) atoms. The van der Waals surface area contributed by atoms with Crippen molar-refractivity contribution in [3.8, 4) is 5.75 Å². The number of para-hydroxylation sites is 1. The summed E-state index contributed by atoms with van der Waals surface area (Å²) in [5, 5.41) is 0. The van der Waals surface area contributed by atoms with E-state index in [0.29, 0.717) is 17.7 Å². The first-order valence-corrected chi connectivity index (χ1v) is 7.40. The number of hydrogen-bond acceptors (Lipinski definition) is 4. The Morgan fingerprint density at radius 2 is 1.86 bits per heavy atom. The van der Waals surface area contributed by atoms with Gasteiger partial charge in [0.25, 0.3) is 0 Å². The molecule has 0 spiro atoms. The number of esters is 2. The van der Waals surface area contributed by atoms with E-state index in [1.165, 1.54) is 0 Å². The van der Waals surface area contributed by atoms with Gasteiger partial charge < -0.3 is 9.47 Å². The quantitative estimate of drug-likeness (QED) is 0.257. The fourth-order valence-electron chi connectivity index (χ4n) is 1.36. The molecular formula is C16H19BrO4. The molecule has 5 heteroatoms. The van der Waals surface area contributed by atoms with Gasteiger partial charge in [-0.25, -0.2) is 4.79 Å². The van der Waals surface area contributed by atoms with Crippen molar-refractivity contribution in [1.82, 2.24) is 0 Å². The number of halogens is 1. The molecule has 114 valence electrons. The summed E-state index contributed by atoms with van der Waals surface area (Å²) in [6, 6.07) is 8.86. The molecule has 0 aromatic heterocycles. The second kappa shape index (κ2) is 7.98. The van der Waals surface area contributed by atoms with Crippen LogP contribution in [0.2, 0.25) is 0 Å². The van der Waals surface area contributed by atoms with E-state index in [9.17, 15) is 9.59 Å². The van der Waals surface area contributed by atoms with Crippen LogP contribution in [0.5, 0.6) is 5.75 Å². The summed E-state index contributed by atoms with van der Waals surface area (Å²) in [5.41, 5.74) is 0.480. The van der Waals surface area contributed by atoms with E-state index in [-0.39, 0.29) is 12.6 Å². The minimum Gasteiger partial charge on any atom is -0.464 e. The average molecular weight is 355 g/mol. The molecule has 0 fully saturated rings. The summed E-state index contributed by atoms with van der Waals surface area (Å²) >= 11 is 3.22. The Bertz CT molecular complexity index is 515. The van der Waals surface area contributed by atoms with E-state index < -0.39 is 10.3 Å². The van der Waals surface area contributed by atoms with Crippen molar-refractivity contribution in [1.29, 1.82) is 0 Å². The van der Waals surface area contributed by atoms with Gasteiger partial charge in [-0.15, -0.1) is 0 Å². The highest BCUT2D eigenvalue weighted by Gasteiger charge is 2.24. The van der Waals surface area contributed by atoms with E-state index in [0.717, 1.165) is 0 Å². The second-order valence-electron chi connectivity index (χ2n) is 4.99. The molecule has 0 bridgehead atoms. The maximum Gasteiger partial charge on any atom is 0.338 e. The number of benzene rings is 1.